The molecule has 1 aromatic carbocycles. The van der Waals surface area contributed by atoms with E-state index in [2.05, 4.69) is 20.4 Å². The number of benzene rings is 1. The Morgan fingerprint density at radius 2 is 1.78 bits per heavy atom. The van der Waals surface area contributed by atoms with Crippen LogP contribution in [0.1, 0.15) is 43.9 Å². The molecule has 0 aliphatic heterocycles. The molecule has 0 saturated carbocycles. The lowest BCUT2D eigenvalue weighted by molar-refractivity contribution is -0.139. The summed E-state index contributed by atoms with van der Waals surface area (Å²) >= 11 is 0. The minimum atomic E-state index is -1.01. The summed E-state index contributed by atoms with van der Waals surface area (Å²) in [5.74, 6) is -0.123. The second kappa shape index (κ2) is 6.36. The second-order valence-electron chi connectivity index (χ2n) is 4.47. The smallest absolute Gasteiger partial charge is 0.336 e. The maximum atomic E-state index is 11.5. The highest BCUT2D eigenvalue weighted by Crippen LogP contribution is 2.23. The van der Waals surface area contributed by atoms with Crippen LogP contribution < -0.4 is 0 Å². The van der Waals surface area contributed by atoms with Crippen LogP contribution in [0.25, 0.3) is 0 Å². The molecule has 0 heterocycles. The van der Waals surface area contributed by atoms with E-state index in [-0.39, 0.29) is 12.2 Å². The third-order valence-electron chi connectivity index (χ3n) is 2.79. The van der Waals surface area contributed by atoms with Crippen molar-refractivity contribution in [3.8, 4) is 0 Å². The highest BCUT2D eigenvalue weighted by Gasteiger charge is 2.19. The van der Waals surface area contributed by atoms with Crippen molar-refractivity contribution in [3.05, 3.63) is 47.5 Å². The normalized spacial score (nSPS) is 12.3. The average Bonchev–Trinajstić information content (AvgIpc) is 2.37. The van der Waals surface area contributed by atoms with Gasteiger partial charge in [0.2, 0.25) is 0 Å². The number of carbonyl (C=O) groups excluding carboxylic acids is 1. The number of hydrogen-bond donors (Lipinski definition) is 1. The maximum absolute atomic E-state index is 11.5. The molecule has 3 nitrogen and oxygen atoms in total. The molecular formula is C15H20O3. The number of aliphatic hydroxyl groups is 1. The van der Waals surface area contributed by atoms with E-state index < -0.39 is 12.1 Å². The molecule has 0 amide bonds. The van der Waals surface area contributed by atoms with Gasteiger partial charge in [-0.05, 0) is 24.0 Å². The van der Waals surface area contributed by atoms with Crippen molar-refractivity contribution >= 4 is 5.97 Å². The van der Waals surface area contributed by atoms with E-state index in [1.807, 2.05) is 24.3 Å². The summed E-state index contributed by atoms with van der Waals surface area (Å²) in [6.07, 6.45) is -1.01. The van der Waals surface area contributed by atoms with Crippen LogP contribution in [-0.2, 0) is 9.53 Å². The van der Waals surface area contributed by atoms with Crippen LogP contribution >= 0.6 is 0 Å². The molecule has 98 valence electrons. The van der Waals surface area contributed by atoms with E-state index >= 15 is 0 Å². The highest BCUT2D eigenvalue weighted by atomic mass is 16.5. The molecule has 0 fully saturated rings. The van der Waals surface area contributed by atoms with Crippen molar-refractivity contribution in [2.45, 2.75) is 32.8 Å². The molecule has 1 unspecified atom stereocenters. The summed E-state index contributed by atoms with van der Waals surface area (Å²) in [6.45, 7) is 9.77. The zero-order valence-electron chi connectivity index (χ0n) is 11.1. The SMILES string of the molecule is C=C(C(=O)OCC)C(O)c1ccc(C(C)C)cc1. The highest BCUT2D eigenvalue weighted by molar-refractivity contribution is 5.89. The van der Waals surface area contributed by atoms with Crippen LogP contribution in [0.2, 0.25) is 0 Å². The van der Waals surface area contributed by atoms with Gasteiger partial charge in [-0.2, -0.15) is 0 Å². The Labute approximate surface area is 108 Å². The van der Waals surface area contributed by atoms with E-state index in [0.29, 0.717) is 11.5 Å². The predicted molar refractivity (Wildman–Crippen MR) is 71.3 cm³/mol. The van der Waals surface area contributed by atoms with E-state index in [9.17, 15) is 9.90 Å². The van der Waals surface area contributed by atoms with Crippen molar-refractivity contribution in [1.82, 2.24) is 0 Å². The molecule has 1 atom stereocenters. The molecule has 0 aliphatic carbocycles. The molecule has 1 aromatic rings. The Bertz CT molecular complexity index is 418. The van der Waals surface area contributed by atoms with Gasteiger partial charge in [0.25, 0.3) is 0 Å². The molecule has 0 radical (unpaired) electrons. The minimum absolute atomic E-state index is 0.0640. The van der Waals surface area contributed by atoms with Gasteiger partial charge in [0.15, 0.2) is 0 Å². The summed E-state index contributed by atoms with van der Waals surface area (Å²) in [5, 5.41) is 10.0. The summed E-state index contributed by atoms with van der Waals surface area (Å²) in [7, 11) is 0. The molecule has 1 rings (SSSR count). The first kappa shape index (κ1) is 14.5. The molecule has 1 N–H and O–H groups in total. The van der Waals surface area contributed by atoms with Crippen molar-refractivity contribution in [2.24, 2.45) is 0 Å². The van der Waals surface area contributed by atoms with Gasteiger partial charge in [-0.3, -0.25) is 0 Å². The predicted octanol–water partition coefficient (Wildman–Crippen LogP) is 2.96. The lowest BCUT2D eigenvalue weighted by Crippen LogP contribution is -2.13. The van der Waals surface area contributed by atoms with E-state index in [4.69, 9.17) is 4.74 Å². The number of aliphatic hydroxyl groups excluding tert-OH is 1. The third-order valence-corrected chi connectivity index (χ3v) is 2.79. The molecular weight excluding hydrogens is 228 g/mol. The maximum Gasteiger partial charge on any atom is 0.336 e. The summed E-state index contributed by atoms with van der Waals surface area (Å²) in [4.78, 5) is 11.5. The van der Waals surface area contributed by atoms with Gasteiger partial charge in [-0.1, -0.05) is 44.7 Å². The lowest BCUT2D eigenvalue weighted by atomic mass is 9.97. The minimum Gasteiger partial charge on any atom is -0.463 e. The fraction of sp³-hybridized carbons (Fsp3) is 0.400. The number of hydrogen-bond acceptors (Lipinski definition) is 3. The fourth-order valence-corrected chi connectivity index (χ4v) is 1.60. The van der Waals surface area contributed by atoms with Gasteiger partial charge in [-0.25, -0.2) is 4.79 Å². The lowest BCUT2D eigenvalue weighted by Gasteiger charge is -2.14. The molecule has 0 spiro atoms. The summed E-state index contributed by atoms with van der Waals surface area (Å²) in [6, 6.07) is 7.51. The summed E-state index contributed by atoms with van der Waals surface area (Å²) < 4.78 is 4.81. The first-order chi connectivity index (χ1) is 8.47. The van der Waals surface area contributed by atoms with Crippen LogP contribution in [0.5, 0.6) is 0 Å². The molecule has 0 bridgehead atoms. The van der Waals surface area contributed by atoms with Gasteiger partial charge in [0, 0.05) is 0 Å². The van der Waals surface area contributed by atoms with E-state index in [1.165, 1.54) is 5.56 Å². The van der Waals surface area contributed by atoms with Gasteiger partial charge in [0.05, 0.1) is 12.2 Å². The quantitative estimate of drug-likeness (QED) is 0.643. The largest absolute Gasteiger partial charge is 0.463 e. The standard InChI is InChI=1S/C15H20O3/c1-5-18-15(17)11(4)14(16)13-8-6-12(7-9-13)10(2)3/h6-10,14,16H,4-5H2,1-3H3. The van der Waals surface area contributed by atoms with Crippen molar-refractivity contribution in [1.29, 1.82) is 0 Å². The van der Waals surface area contributed by atoms with Gasteiger partial charge >= 0.3 is 5.97 Å². The zero-order chi connectivity index (χ0) is 13.7. The number of carbonyl (C=O) groups is 1. The number of rotatable bonds is 5. The number of esters is 1. The van der Waals surface area contributed by atoms with Gasteiger partial charge < -0.3 is 9.84 Å². The van der Waals surface area contributed by atoms with Crippen LogP contribution in [0.4, 0.5) is 0 Å². The number of ether oxygens (including phenoxy) is 1. The topological polar surface area (TPSA) is 46.5 Å². The first-order valence-corrected chi connectivity index (χ1v) is 6.11. The Hall–Kier alpha value is -1.61. The van der Waals surface area contributed by atoms with Crippen molar-refractivity contribution < 1.29 is 14.6 Å². The van der Waals surface area contributed by atoms with Crippen LogP contribution in [-0.4, -0.2) is 17.7 Å². The van der Waals surface area contributed by atoms with Crippen LogP contribution in [0, 0.1) is 0 Å². The van der Waals surface area contributed by atoms with Crippen LogP contribution in [0.3, 0.4) is 0 Å². The van der Waals surface area contributed by atoms with Gasteiger partial charge in [-0.15, -0.1) is 0 Å². The average molecular weight is 248 g/mol. The molecule has 18 heavy (non-hydrogen) atoms. The molecule has 3 heteroatoms. The Morgan fingerprint density at radius 3 is 2.22 bits per heavy atom. The van der Waals surface area contributed by atoms with Crippen molar-refractivity contribution in [3.63, 3.8) is 0 Å². The van der Waals surface area contributed by atoms with E-state index in [0.717, 1.165) is 0 Å². The third kappa shape index (κ3) is 3.44. The van der Waals surface area contributed by atoms with E-state index in [1.54, 1.807) is 6.92 Å². The Balaban J connectivity index is 2.80. The Kier molecular flexibility index (Phi) is 5.10. The van der Waals surface area contributed by atoms with Crippen LogP contribution in [0.15, 0.2) is 36.4 Å². The second-order valence-corrected chi connectivity index (χ2v) is 4.47. The Morgan fingerprint density at radius 1 is 1.28 bits per heavy atom. The zero-order valence-corrected chi connectivity index (χ0v) is 11.1. The monoisotopic (exact) mass is 248 g/mol. The van der Waals surface area contributed by atoms with Crippen molar-refractivity contribution in [2.75, 3.05) is 6.61 Å². The molecule has 0 saturated heterocycles. The molecule has 0 aliphatic rings. The molecule has 0 aromatic heterocycles. The van der Waals surface area contributed by atoms with Gasteiger partial charge in [0.1, 0.15) is 6.10 Å². The fourth-order valence-electron chi connectivity index (χ4n) is 1.60. The summed E-state index contributed by atoms with van der Waals surface area (Å²) in [5.41, 5.74) is 1.90. The first-order valence-electron chi connectivity index (χ1n) is 6.11.